The zero-order chi connectivity index (χ0) is 20.7. The summed E-state index contributed by atoms with van der Waals surface area (Å²) in [5.74, 6) is 0.740. The number of carbonyl (C=O) groups is 2. The highest BCUT2D eigenvalue weighted by molar-refractivity contribution is 6.23. The van der Waals surface area contributed by atoms with Gasteiger partial charge in [-0.05, 0) is 43.0 Å². The number of hydrogen-bond donors (Lipinski definition) is 2. The number of nitrogen functional groups attached to an aromatic ring is 1. The number of urea groups is 1. The number of rotatable bonds is 4. The first-order valence-electron chi connectivity index (χ1n) is 9.26. The molecule has 0 radical (unpaired) electrons. The average molecular weight is 382 g/mol. The highest BCUT2D eigenvalue weighted by Gasteiger charge is 2.47. The molecule has 2 heterocycles. The molecule has 28 heavy (non-hydrogen) atoms. The SMILES string of the molecule is CC[C@@]1(C)NC(=O)N(c2ccc(Oc3ccc(N)cc3C(C)(C)C)nc2)C1=O. The second-order valence-corrected chi connectivity index (χ2v) is 8.22. The quantitative estimate of drug-likeness (QED) is 0.616. The van der Waals surface area contributed by atoms with E-state index in [1.165, 1.54) is 6.20 Å². The van der Waals surface area contributed by atoms with Gasteiger partial charge in [0.1, 0.15) is 11.3 Å². The summed E-state index contributed by atoms with van der Waals surface area (Å²) in [6.45, 7) is 9.80. The molecule has 0 saturated carbocycles. The molecule has 7 nitrogen and oxygen atoms in total. The highest BCUT2D eigenvalue weighted by Crippen LogP contribution is 2.35. The molecule has 1 aliphatic heterocycles. The number of anilines is 2. The van der Waals surface area contributed by atoms with Crippen LogP contribution in [0.5, 0.6) is 11.6 Å². The third kappa shape index (κ3) is 3.52. The van der Waals surface area contributed by atoms with Gasteiger partial charge in [0.05, 0.1) is 11.9 Å². The summed E-state index contributed by atoms with van der Waals surface area (Å²) >= 11 is 0. The van der Waals surface area contributed by atoms with Gasteiger partial charge in [0.2, 0.25) is 5.88 Å². The first kappa shape index (κ1) is 19.7. The fourth-order valence-corrected chi connectivity index (χ4v) is 3.06. The van der Waals surface area contributed by atoms with E-state index in [0.29, 0.717) is 29.4 Å². The van der Waals surface area contributed by atoms with Crippen LogP contribution in [0.3, 0.4) is 0 Å². The number of pyridine rings is 1. The predicted molar refractivity (Wildman–Crippen MR) is 109 cm³/mol. The summed E-state index contributed by atoms with van der Waals surface area (Å²) in [5.41, 5.74) is 6.90. The van der Waals surface area contributed by atoms with Crippen LogP contribution < -0.4 is 20.7 Å². The van der Waals surface area contributed by atoms with E-state index in [1.807, 2.05) is 19.1 Å². The minimum absolute atomic E-state index is 0.157. The smallest absolute Gasteiger partial charge is 0.329 e. The minimum Gasteiger partial charge on any atom is -0.439 e. The maximum atomic E-state index is 12.6. The molecule has 3 rings (SSSR count). The first-order valence-corrected chi connectivity index (χ1v) is 9.26. The molecular formula is C21H26N4O3. The Morgan fingerprint density at radius 1 is 1.21 bits per heavy atom. The number of nitrogens with zero attached hydrogens (tertiary/aromatic N) is 2. The molecule has 0 spiro atoms. The number of ether oxygens (including phenoxy) is 1. The fourth-order valence-electron chi connectivity index (χ4n) is 3.06. The summed E-state index contributed by atoms with van der Waals surface area (Å²) in [6.07, 6.45) is 1.97. The largest absolute Gasteiger partial charge is 0.439 e. The molecule has 148 valence electrons. The minimum atomic E-state index is -0.891. The third-order valence-electron chi connectivity index (χ3n) is 4.97. The van der Waals surface area contributed by atoms with Crippen LogP contribution in [0.25, 0.3) is 0 Å². The van der Waals surface area contributed by atoms with Gasteiger partial charge in [0, 0.05) is 17.3 Å². The van der Waals surface area contributed by atoms with Gasteiger partial charge < -0.3 is 15.8 Å². The molecule has 0 bridgehead atoms. The number of hydrogen-bond acceptors (Lipinski definition) is 5. The van der Waals surface area contributed by atoms with E-state index in [4.69, 9.17) is 10.5 Å². The number of benzene rings is 1. The van der Waals surface area contributed by atoms with Crippen molar-refractivity contribution in [1.29, 1.82) is 0 Å². The van der Waals surface area contributed by atoms with Gasteiger partial charge in [-0.25, -0.2) is 14.7 Å². The molecule has 0 aliphatic carbocycles. The van der Waals surface area contributed by atoms with Crippen molar-refractivity contribution in [2.24, 2.45) is 0 Å². The molecule has 7 heteroatoms. The van der Waals surface area contributed by atoms with Crippen LogP contribution in [0.1, 0.15) is 46.6 Å². The Balaban J connectivity index is 1.85. The van der Waals surface area contributed by atoms with Gasteiger partial charge in [-0.3, -0.25) is 4.79 Å². The van der Waals surface area contributed by atoms with Crippen molar-refractivity contribution in [3.05, 3.63) is 42.1 Å². The van der Waals surface area contributed by atoms with Crippen LogP contribution >= 0.6 is 0 Å². The van der Waals surface area contributed by atoms with Gasteiger partial charge in [0.25, 0.3) is 5.91 Å². The zero-order valence-electron chi connectivity index (χ0n) is 16.9. The molecule has 1 aromatic carbocycles. The Bertz CT molecular complexity index is 918. The van der Waals surface area contributed by atoms with Crippen LogP contribution in [0.4, 0.5) is 16.2 Å². The Kier molecular flexibility index (Phi) is 4.79. The topological polar surface area (TPSA) is 97.6 Å². The van der Waals surface area contributed by atoms with Gasteiger partial charge in [-0.2, -0.15) is 0 Å². The Labute approximate surface area is 164 Å². The summed E-state index contributed by atoms with van der Waals surface area (Å²) < 4.78 is 5.95. The number of nitrogens with one attached hydrogen (secondary N) is 1. The molecule has 1 saturated heterocycles. The van der Waals surface area contributed by atoms with Crippen molar-refractivity contribution in [2.75, 3.05) is 10.6 Å². The van der Waals surface area contributed by atoms with Crippen molar-refractivity contribution in [3.63, 3.8) is 0 Å². The molecular weight excluding hydrogens is 356 g/mol. The second-order valence-electron chi connectivity index (χ2n) is 8.22. The van der Waals surface area contributed by atoms with E-state index in [0.717, 1.165) is 10.5 Å². The molecule has 3 amide bonds. The van der Waals surface area contributed by atoms with E-state index >= 15 is 0 Å². The first-order chi connectivity index (χ1) is 13.0. The lowest BCUT2D eigenvalue weighted by Gasteiger charge is -2.23. The number of imide groups is 1. The maximum Gasteiger partial charge on any atom is 0.329 e. The highest BCUT2D eigenvalue weighted by atomic mass is 16.5. The molecule has 1 fully saturated rings. The number of carbonyl (C=O) groups excluding carboxylic acids is 2. The summed E-state index contributed by atoms with van der Waals surface area (Å²) in [4.78, 5) is 30.2. The lowest BCUT2D eigenvalue weighted by Crippen LogP contribution is -2.43. The van der Waals surface area contributed by atoms with Crippen molar-refractivity contribution < 1.29 is 14.3 Å². The molecule has 3 N–H and O–H groups in total. The van der Waals surface area contributed by atoms with Gasteiger partial charge in [-0.1, -0.05) is 27.7 Å². The van der Waals surface area contributed by atoms with E-state index < -0.39 is 11.6 Å². The fraction of sp³-hybridized carbons (Fsp3) is 0.381. The van der Waals surface area contributed by atoms with Crippen LogP contribution in [0.15, 0.2) is 36.5 Å². The Hall–Kier alpha value is -3.09. The van der Waals surface area contributed by atoms with E-state index in [1.54, 1.807) is 25.1 Å². The molecule has 1 atom stereocenters. The van der Waals surface area contributed by atoms with Gasteiger partial charge in [0.15, 0.2) is 0 Å². The predicted octanol–water partition coefficient (Wildman–Crippen LogP) is 3.98. The van der Waals surface area contributed by atoms with Crippen molar-refractivity contribution in [2.45, 2.75) is 52.0 Å². The Morgan fingerprint density at radius 2 is 1.93 bits per heavy atom. The summed E-state index contributed by atoms with van der Waals surface area (Å²) in [7, 11) is 0. The number of amides is 3. The van der Waals surface area contributed by atoms with Gasteiger partial charge >= 0.3 is 6.03 Å². The van der Waals surface area contributed by atoms with Crippen LogP contribution in [-0.4, -0.2) is 22.5 Å². The van der Waals surface area contributed by atoms with Gasteiger partial charge in [-0.15, -0.1) is 0 Å². The molecule has 1 aromatic heterocycles. The zero-order valence-corrected chi connectivity index (χ0v) is 16.9. The summed E-state index contributed by atoms with van der Waals surface area (Å²) in [5, 5.41) is 2.73. The standard InChI is InChI=1S/C21H26N4O3/c1-6-21(5)18(26)25(19(27)24-21)14-8-10-17(23-12-14)28-16-9-7-13(22)11-15(16)20(2,3)4/h7-12H,6,22H2,1-5H3,(H,24,27)/t21-/m1/s1. The normalized spacial score (nSPS) is 19.7. The number of nitrogens with two attached hydrogens (primary N) is 1. The Morgan fingerprint density at radius 3 is 2.46 bits per heavy atom. The van der Waals surface area contributed by atoms with Crippen molar-refractivity contribution >= 4 is 23.3 Å². The van der Waals surface area contributed by atoms with E-state index in [-0.39, 0.29) is 11.3 Å². The van der Waals surface area contributed by atoms with Crippen LogP contribution in [0, 0.1) is 0 Å². The molecule has 0 unspecified atom stereocenters. The molecule has 2 aromatic rings. The van der Waals surface area contributed by atoms with Crippen molar-refractivity contribution in [1.82, 2.24) is 10.3 Å². The third-order valence-corrected chi connectivity index (χ3v) is 4.97. The average Bonchev–Trinajstić information content (AvgIpc) is 2.86. The summed E-state index contributed by atoms with van der Waals surface area (Å²) in [6, 6.07) is 8.32. The monoisotopic (exact) mass is 382 g/mol. The molecule has 1 aliphatic rings. The van der Waals surface area contributed by atoms with Crippen LogP contribution in [-0.2, 0) is 10.2 Å². The maximum absolute atomic E-state index is 12.6. The van der Waals surface area contributed by atoms with Crippen molar-refractivity contribution in [3.8, 4) is 11.6 Å². The second kappa shape index (κ2) is 6.82. The number of aromatic nitrogens is 1. The lowest BCUT2D eigenvalue weighted by atomic mass is 9.86. The van der Waals surface area contributed by atoms with E-state index in [9.17, 15) is 9.59 Å². The van der Waals surface area contributed by atoms with Crippen LogP contribution in [0.2, 0.25) is 0 Å². The van der Waals surface area contributed by atoms with E-state index in [2.05, 4.69) is 31.1 Å². The lowest BCUT2D eigenvalue weighted by molar-refractivity contribution is -0.121.